The highest BCUT2D eigenvalue weighted by Gasteiger charge is 2.23. The van der Waals surface area contributed by atoms with E-state index in [1.807, 2.05) is 32.9 Å². The van der Waals surface area contributed by atoms with E-state index in [2.05, 4.69) is 10.6 Å². The van der Waals surface area contributed by atoms with Gasteiger partial charge in [-0.15, -0.1) is 0 Å². The molecular weight excluding hydrogens is 304 g/mol. The minimum absolute atomic E-state index is 0.128. The van der Waals surface area contributed by atoms with Crippen molar-refractivity contribution in [3.8, 4) is 0 Å². The summed E-state index contributed by atoms with van der Waals surface area (Å²) in [7, 11) is 0. The van der Waals surface area contributed by atoms with Crippen molar-refractivity contribution >= 4 is 17.5 Å². The predicted octanol–water partition coefficient (Wildman–Crippen LogP) is 2.61. The van der Waals surface area contributed by atoms with Gasteiger partial charge in [0.15, 0.2) is 0 Å². The Bertz CT molecular complexity index is 584. The van der Waals surface area contributed by atoms with Gasteiger partial charge >= 0.3 is 11.8 Å². The highest BCUT2D eigenvalue weighted by Crippen LogP contribution is 2.26. The lowest BCUT2D eigenvalue weighted by atomic mass is 9.85. The number of rotatable bonds is 4. The Labute approximate surface area is 143 Å². The zero-order chi connectivity index (χ0) is 17.7. The second-order valence-electron chi connectivity index (χ2n) is 6.90. The quantitative estimate of drug-likeness (QED) is 0.742. The molecule has 0 aliphatic heterocycles. The molecule has 5 nitrogen and oxygen atoms in total. The van der Waals surface area contributed by atoms with Crippen molar-refractivity contribution in [3.63, 3.8) is 0 Å². The molecule has 0 bridgehead atoms. The average Bonchev–Trinajstić information content (AvgIpc) is 2.56. The van der Waals surface area contributed by atoms with Gasteiger partial charge in [-0.1, -0.05) is 37.0 Å². The van der Waals surface area contributed by atoms with Crippen LogP contribution in [0.5, 0.6) is 0 Å². The van der Waals surface area contributed by atoms with Crippen LogP contribution in [0.2, 0.25) is 0 Å². The maximum Gasteiger partial charge on any atom is 0.313 e. The summed E-state index contributed by atoms with van der Waals surface area (Å²) >= 11 is 0. The van der Waals surface area contributed by atoms with E-state index in [-0.39, 0.29) is 12.5 Å². The van der Waals surface area contributed by atoms with E-state index in [9.17, 15) is 14.7 Å². The monoisotopic (exact) mass is 332 g/mol. The van der Waals surface area contributed by atoms with E-state index in [4.69, 9.17) is 0 Å². The molecule has 2 amide bonds. The van der Waals surface area contributed by atoms with Crippen LogP contribution in [-0.4, -0.2) is 29.6 Å². The van der Waals surface area contributed by atoms with E-state index in [0.717, 1.165) is 42.4 Å². The van der Waals surface area contributed by atoms with Crippen molar-refractivity contribution < 1.29 is 14.7 Å². The predicted molar refractivity (Wildman–Crippen MR) is 94.9 cm³/mol. The molecule has 1 atom stereocenters. The molecule has 0 unspecified atom stereocenters. The van der Waals surface area contributed by atoms with Gasteiger partial charge in [0.25, 0.3) is 0 Å². The first-order chi connectivity index (χ1) is 11.4. The van der Waals surface area contributed by atoms with Gasteiger partial charge in [-0.2, -0.15) is 0 Å². The summed E-state index contributed by atoms with van der Waals surface area (Å²) in [5.74, 6) is -1.17. The molecule has 24 heavy (non-hydrogen) atoms. The number of anilines is 1. The number of aryl methyl sites for hydroxylation is 3. The van der Waals surface area contributed by atoms with Gasteiger partial charge in [-0.05, 0) is 50.7 Å². The van der Waals surface area contributed by atoms with Crippen LogP contribution in [0, 0.1) is 26.7 Å². The third kappa shape index (κ3) is 4.81. The van der Waals surface area contributed by atoms with E-state index in [1.54, 1.807) is 0 Å². The normalized spacial score (nSPS) is 16.5. The SMILES string of the molecule is Cc1cc(C)c(NC(=O)C(=O)NC[C@H](O)C2CCCCC2)c(C)c1. The molecule has 132 valence electrons. The van der Waals surface area contributed by atoms with Crippen LogP contribution < -0.4 is 10.6 Å². The van der Waals surface area contributed by atoms with Gasteiger partial charge in [0, 0.05) is 12.2 Å². The zero-order valence-corrected chi connectivity index (χ0v) is 14.8. The number of benzene rings is 1. The Morgan fingerprint density at radius 3 is 2.25 bits per heavy atom. The number of amides is 2. The summed E-state index contributed by atoms with van der Waals surface area (Å²) in [5.41, 5.74) is 3.64. The standard InChI is InChI=1S/C19H28N2O3/c1-12-9-13(2)17(14(3)10-12)21-19(24)18(23)20-11-16(22)15-7-5-4-6-8-15/h9-10,15-16,22H,4-8,11H2,1-3H3,(H,20,23)(H,21,24)/t16-/m0/s1. The molecule has 1 aliphatic rings. The fraction of sp³-hybridized carbons (Fsp3) is 0.579. The molecule has 3 N–H and O–H groups in total. The van der Waals surface area contributed by atoms with Crippen molar-refractivity contribution in [2.24, 2.45) is 5.92 Å². The van der Waals surface area contributed by atoms with Crippen molar-refractivity contribution in [2.75, 3.05) is 11.9 Å². The number of hydrogen-bond acceptors (Lipinski definition) is 3. The number of carbonyl (C=O) groups is 2. The molecule has 0 heterocycles. The van der Waals surface area contributed by atoms with Crippen molar-refractivity contribution in [1.29, 1.82) is 0 Å². The van der Waals surface area contributed by atoms with Crippen LogP contribution in [0.1, 0.15) is 48.8 Å². The van der Waals surface area contributed by atoms with Crippen molar-refractivity contribution in [2.45, 2.75) is 59.0 Å². The minimum Gasteiger partial charge on any atom is -0.391 e. The third-order valence-electron chi connectivity index (χ3n) is 4.79. The van der Waals surface area contributed by atoms with E-state index in [0.29, 0.717) is 5.69 Å². The van der Waals surface area contributed by atoms with Crippen LogP contribution in [0.15, 0.2) is 12.1 Å². The van der Waals surface area contributed by atoms with Gasteiger partial charge in [-0.3, -0.25) is 9.59 Å². The zero-order valence-electron chi connectivity index (χ0n) is 14.8. The smallest absolute Gasteiger partial charge is 0.313 e. The summed E-state index contributed by atoms with van der Waals surface area (Å²) in [6, 6.07) is 3.93. The summed E-state index contributed by atoms with van der Waals surface area (Å²) in [6.45, 7) is 5.93. The molecule has 1 aromatic carbocycles. The van der Waals surface area contributed by atoms with Gasteiger partial charge < -0.3 is 15.7 Å². The minimum atomic E-state index is -0.704. The van der Waals surface area contributed by atoms with Gasteiger partial charge in [-0.25, -0.2) is 0 Å². The maximum atomic E-state index is 12.1. The largest absolute Gasteiger partial charge is 0.391 e. The summed E-state index contributed by atoms with van der Waals surface area (Å²) in [5, 5.41) is 15.4. The molecular formula is C19H28N2O3. The third-order valence-corrected chi connectivity index (χ3v) is 4.79. The Morgan fingerprint density at radius 2 is 1.67 bits per heavy atom. The first-order valence-corrected chi connectivity index (χ1v) is 8.73. The molecule has 1 saturated carbocycles. The summed E-state index contributed by atoms with van der Waals surface area (Å²) in [6.07, 6.45) is 4.87. The number of aliphatic hydroxyl groups excluding tert-OH is 1. The lowest BCUT2D eigenvalue weighted by molar-refractivity contribution is -0.136. The second-order valence-corrected chi connectivity index (χ2v) is 6.90. The number of nitrogens with one attached hydrogen (secondary N) is 2. The fourth-order valence-corrected chi connectivity index (χ4v) is 3.51. The molecule has 5 heteroatoms. The topological polar surface area (TPSA) is 78.4 Å². The summed E-state index contributed by atoms with van der Waals surface area (Å²) < 4.78 is 0. The van der Waals surface area contributed by atoms with Crippen LogP contribution in [-0.2, 0) is 9.59 Å². The molecule has 0 radical (unpaired) electrons. The second kappa shape index (κ2) is 8.29. The first-order valence-electron chi connectivity index (χ1n) is 8.73. The van der Waals surface area contributed by atoms with Crippen LogP contribution in [0.4, 0.5) is 5.69 Å². The lowest BCUT2D eigenvalue weighted by Crippen LogP contribution is -2.42. The molecule has 2 rings (SSSR count). The average molecular weight is 332 g/mol. The molecule has 0 aromatic heterocycles. The van der Waals surface area contributed by atoms with E-state index >= 15 is 0 Å². The number of aliphatic hydroxyl groups is 1. The number of carbonyl (C=O) groups excluding carboxylic acids is 2. The maximum absolute atomic E-state index is 12.1. The lowest BCUT2D eigenvalue weighted by Gasteiger charge is -2.26. The summed E-state index contributed by atoms with van der Waals surface area (Å²) in [4.78, 5) is 24.1. The Morgan fingerprint density at radius 1 is 1.08 bits per heavy atom. The van der Waals surface area contributed by atoms with Gasteiger partial charge in [0.05, 0.1) is 6.10 Å². The first kappa shape index (κ1) is 18.5. The van der Waals surface area contributed by atoms with Crippen molar-refractivity contribution in [3.05, 3.63) is 28.8 Å². The van der Waals surface area contributed by atoms with E-state index < -0.39 is 17.9 Å². The molecule has 1 aromatic rings. The van der Waals surface area contributed by atoms with Gasteiger partial charge in [0.1, 0.15) is 0 Å². The van der Waals surface area contributed by atoms with E-state index in [1.165, 1.54) is 6.42 Å². The molecule has 1 aliphatic carbocycles. The van der Waals surface area contributed by atoms with Crippen LogP contribution in [0.25, 0.3) is 0 Å². The Hall–Kier alpha value is -1.88. The molecule has 0 saturated heterocycles. The molecule has 1 fully saturated rings. The fourth-order valence-electron chi connectivity index (χ4n) is 3.51. The molecule has 0 spiro atoms. The Kier molecular flexibility index (Phi) is 6.37. The highest BCUT2D eigenvalue weighted by atomic mass is 16.3. The van der Waals surface area contributed by atoms with Crippen molar-refractivity contribution in [1.82, 2.24) is 5.32 Å². The van der Waals surface area contributed by atoms with Gasteiger partial charge in [0.2, 0.25) is 0 Å². The Balaban J connectivity index is 1.87. The van der Waals surface area contributed by atoms with Crippen LogP contribution >= 0.6 is 0 Å². The highest BCUT2D eigenvalue weighted by molar-refractivity contribution is 6.39. The van der Waals surface area contributed by atoms with Crippen LogP contribution in [0.3, 0.4) is 0 Å². The number of hydrogen-bond donors (Lipinski definition) is 3.